The molecule has 4 aromatic carbocycles. The zero-order chi connectivity index (χ0) is 24.2. The van der Waals surface area contributed by atoms with Crippen LogP contribution in [0.2, 0.25) is 0 Å². The zero-order valence-electron chi connectivity index (χ0n) is 20.5. The maximum absolute atomic E-state index is 6.34. The minimum atomic E-state index is -0.419. The van der Waals surface area contributed by atoms with Crippen molar-refractivity contribution in [3.63, 3.8) is 0 Å². The highest BCUT2D eigenvalue weighted by molar-refractivity contribution is 6.62. The molecule has 0 spiro atoms. The van der Waals surface area contributed by atoms with E-state index in [1.54, 1.807) is 0 Å². The smallest absolute Gasteiger partial charge is 0.456 e. The molecular formula is C30H28BNO3. The van der Waals surface area contributed by atoms with E-state index in [9.17, 15) is 0 Å². The van der Waals surface area contributed by atoms with Crippen molar-refractivity contribution in [2.75, 3.05) is 4.90 Å². The Kier molecular flexibility index (Phi) is 5.03. The number of rotatable bonds is 4. The fourth-order valence-electron chi connectivity index (χ4n) is 4.67. The third-order valence-corrected chi connectivity index (χ3v) is 7.29. The molecule has 5 aromatic rings. The standard InChI is InChI=1S/C30H28BNO3/c1-29(2)30(3,4)35-31(34-29)21-11-10-14-23(19-21)32(22-12-6-5-7-13-22)24-17-18-28-26(20-24)25-15-8-9-16-27(25)33-28/h5-20H,1-4H3. The van der Waals surface area contributed by atoms with Gasteiger partial charge in [0.15, 0.2) is 0 Å². The Hall–Kier alpha value is -3.54. The number of para-hydroxylation sites is 2. The van der Waals surface area contributed by atoms with Crippen LogP contribution in [-0.2, 0) is 9.31 Å². The second-order valence-electron chi connectivity index (χ2n) is 10.1. The summed E-state index contributed by atoms with van der Waals surface area (Å²) in [5, 5.41) is 2.21. The summed E-state index contributed by atoms with van der Waals surface area (Å²) in [7, 11) is -0.419. The number of hydrogen-bond acceptors (Lipinski definition) is 4. The predicted molar refractivity (Wildman–Crippen MR) is 144 cm³/mol. The van der Waals surface area contributed by atoms with E-state index in [2.05, 4.69) is 105 Å². The molecule has 4 nitrogen and oxygen atoms in total. The van der Waals surface area contributed by atoms with Crippen LogP contribution in [0.15, 0.2) is 101 Å². The molecule has 1 aliphatic heterocycles. The number of anilines is 3. The van der Waals surface area contributed by atoms with Crippen molar-refractivity contribution < 1.29 is 13.7 Å². The maximum atomic E-state index is 6.34. The summed E-state index contributed by atoms with van der Waals surface area (Å²) in [6, 6.07) is 33.4. The van der Waals surface area contributed by atoms with Gasteiger partial charge in [0.1, 0.15) is 11.2 Å². The molecule has 1 fully saturated rings. The van der Waals surface area contributed by atoms with Gasteiger partial charge in [0.25, 0.3) is 0 Å². The summed E-state index contributed by atoms with van der Waals surface area (Å²) in [5.74, 6) is 0. The van der Waals surface area contributed by atoms with Crippen LogP contribution in [0.3, 0.4) is 0 Å². The minimum absolute atomic E-state index is 0.389. The van der Waals surface area contributed by atoms with E-state index in [0.29, 0.717) is 0 Å². The quantitative estimate of drug-likeness (QED) is 0.262. The number of fused-ring (bicyclic) bond motifs is 3. The maximum Gasteiger partial charge on any atom is 0.494 e. The van der Waals surface area contributed by atoms with Gasteiger partial charge in [0.05, 0.1) is 11.2 Å². The number of nitrogens with zero attached hydrogens (tertiary/aromatic N) is 1. The first-order valence-corrected chi connectivity index (χ1v) is 12.0. The molecule has 6 rings (SSSR count). The lowest BCUT2D eigenvalue weighted by molar-refractivity contribution is 0.00578. The van der Waals surface area contributed by atoms with Crippen molar-refractivity contribution in [3.8, 4) is 0 Å². The monoisotopic (exact) mass is 461 g/mol. The van der Waals surface area contributed by atoms with Crippen LogP contribution in [0.4, 0.5) is 17.1 Å². The lowest BCUT2D eigenvalue weighted by atomic mass is 9.79. The molecule has 0 radical (unpaired) electrons. The molecule has 0 bridgehead atoms. The molecule has 5 heteroatoms. The lowest BCUT2D eigenvalue weighted by Gasteiger charge is -2.32. The Labute approximate surface area is 206 Å². The fourth-order valence-corrected chi connectivity index (χ4v) is 4.67. The van der Waals surface area contributed by atoms with Gasteiger partial charge in [-0.05, 0) is 81.7 Å². The highest BCUT2D eigenvalue weighted by Crippen LogP contribution is 2.39. The van der Waals surface area contributed by atoms with Crippen molar-refractivity contribution in [3.05, 3.63) is 97.1 Å². The Morgan fingerprint density at radius 2 is 1.20 bits per heavy atom. The third kappa shape index (κ3) is 3.72. The first-order valence-electron chi connectivity index (χ1n) is 12.0. The molecule has 0 atom stereocenters. The second-order valence-corrected chi connectivity index (χ2v) is 10.1. The summed E-state index contributed by atoms with van der Waals surface area (Å²) in [6.45, 7) is 8.32. The van der Waals surface area contributed by atoms with Crippen LogP contribution in [0, 0.1) is 0 Å². The largest absolute Gasteiger partial charge is 0.494 e. The van der Waals surface area contributed by atoms with Gasteiger partial charge < -0.3 is 18.6 Å². The average molecular weight is 461 g/mol. The van der Waals surface area contributed by atoms with Gasteiger partial charge in [-0.1, -0.05) is 48.5 Å². The van der Waals surface area contributed by atoms with Crippen molar-refractivity contribution in [2.45, 2.75) is 38.9 Å². The van der Waals surface area contributed by atoms with Crippen LogP contribution in [0.1, 0.15) is 27.7 Å². The van der Waals surface area contributed by atoms with Crippen molar-refractivity contribution in [1.82, 2.24) is 0 Å². The summed E-state index contributed by atoms with van der Waals surface area (Å²) >= 11 is 0. The topological polar surface area (TPSA) is 34.8 Å². The van der Waals surface area contributed by atoms with Gasteiger partial charge in [-0.2, -0.15) is 0 Å². The van der Waals surface area contributed by atoms with Gasteiger partial charge in [-0.25, -0.2) is 0 Å². The molecule has 1 saturated heterocycles. The minimum Gasteiger partial charge on any atom is -0.456 e. The Balaban J connectivity index is 1.47. The Morgan fingerprint density at radius 1 is 0.571 bits per heavy atom. The van der Waals surface area contributed by atoms with Crippen LogP contribution in [0.5, 0.6) is 0 Å². The van der Waals surface area contributed by atoms with Gasteiger partial charge in [-0.3, -0.25) is 0 Å². The molecule has 1 aliphatic rings. The van der Waals surface area contributed by atoms with Crippen LogP contribution in [-0.4, -0.2) is 18.3 Å². The zero-order valence-corrected chi connectivity index (χ0v) is 20.5. The number of hydrogen-bond donors (Lipinski definition) is 0. The summed E-state index contributed by atoms with van der Waals surface area (Å²) in [4.78, 5) is 2.26. The number of furan rings is 1. The lowest BCUT2D eigenvalue weighted by Crippen LogP contribution is -2.41. The first-order chi connectivity index (χ1) is 16.8. The van der Waals surface area contributed by atoms with Gasteiger partial charge in [-0.15, -0.1) is 0 Å². The van der Waals surface area contributed by atoms with Crippen LogP contribution >= 0.6 is 0 Å². The van der Waals surface area contributed by atoms with Crippen LogP contribution < -0.4 is 10.4 Å². The third-order valence-electron chi connectivity index (χ3n) is 7.29. The van der Waals surface area contributed by atoms with Crippen molar-refractivity contribution >= 4 is 51.6 Å². The van der Waals surface area contributed by atoms with Gasteiger partial charge in [0.2, 0.25) is 0 Å². The van der Waals surface area contributed by atoms with Crippen molar-refractivity contribution in [1.29, 1.82) is 0 Å². The Morgan fingerprint density at radius 3 is 1.97 bits per heavy atom. The van der Waals surface area contributed by atoms with E-state index < -0.39 is 7.12 Å². The molecule has 35 heavy (non-hydrogen) atoms. The highest BCUT2D eigenvalue weighted by atomic mass is 16.7. The van der Waals surface area contributed by atoms with E-state index in [4.69, 9.17) is 13.7 Å². The summed E-state index contributed by atoms with van der Waals surface area (Å²) in [5.41, 5.74) is 5.17. The predicted octanol–water partition coefficient (Wildman–Crippen LogP) is 7.36. The van der Waals surface area contributed by atoms with Crippen molar-refractivity contribution in [2.24, 2.45) is 0 Å². The molecule has 0 amide bonds. The SMILES string of the molecule is CC1(C)OB(c2cccc(N(c3ccccc3)c3ccc4oc5ccccc5c4c3)c2)OC1(C)C. The molecule has 1 aromatic heterocycles. The average Bonchev–Trinajstić information content (AvgIpc) is 3.33. The first kappa shape index (κ1) is 22.0. The molecule has 0 N–H and O–H groups in total. The molecule has 0 aliphatic carbocycles. The van der Waals surface area contributed by atoms with Crippen LogP contribution in [0.25, 0.3) is 21.9 Å². The highest BCUT2D eigenvalue weighted by Gasteiger charge is 2.51. The summed E-state index contributed by atoms with van der Waals surface area (Å²) < 4.78 is 18.7. The second kappa shape index (κ2) is 8.01. The van der Waals surface area contributed by atoms with Gasteiger partial charge in [0, 0.05) is 27.8 Å². The normalized spacial score (nSPS) is 16.7. The van der Waals surface area contributed by atoms with E-state index >= 15 is 0 Å². The van der Waals surface area contributed by atoms with E-state index in [-0.39, 0.29) is 11.2 Å². The summed E-state index contributed by atoms with van der Waals surface area (Å²) in [6.07, 6.45) is 0. The molecular weight excluding hydrogens is 433 g/mol. The van der Waals surface area contributed by atoms with E-state index in [1.807, 2.05) is 24.3 Å². The number of benzene rings is 4. The molecule has 2 heterocycles. The molecule has 0 unspecified atom stereocenters. The van der Waals surface area contributed by atoms with Gasteiger partial charge >= 0.3 is 7.12 Å². The van der Waals surface area contributed by atoms with E-state index in [0.717, 1.165) is 44.5 Å². The van der Waals surface area contributed by atoms with E-state index in [1.165, 1.54) is 0 Å². The Bertz CT molecular complexity index is 1510. The fraction of sp³-hybridized carbons (Fsp3) is 0.200. The molecule has 0 saturated carbocycles. The molecule has 174 valence electrons.